The van der Waals surface area contributed by atoms with Crippen LogP contribution in [0.1, 0.15) is 54.5 Å². The Hall–Kier alpha value is -3.92. The Morgan fingerprint density at radius 2 is 1.93 bits per heavy atom. The average molecular weight is 562 g/mol. The third-order valence-corrected chi connectivity index (χ3v) is 7.70. The van der Waals surface area contributed by atoms with E-state index in [1.807, 2.05) is 58.9 Å². The largest absolute Gasteiger partial charge is 0.444 e. The summed E-state index contributed by atoms with van der Waals surface area (Å²) in [6, 6.07) is 11.8. The number of aryl methyl sites for hydroxylation is 2. The zero-order valence-corrected chi connectivity index (χ0v) is 24.1. The number of halogens is 1. The molecular formula is C30H32FN5O3S. The van der Waals surface area contributed by atoms with Crippen LogP contribution in [0.15, 0.2) is 48.7 Å². The lowest BCUT2D eigenvalue weighted by Gasteiger charge is -2.39. The number of piperidine rings is 1. The van der Waals surface area contributed by atoms with Gasteiger partial charge >= 0.3 is 6.09 Å². The molecule has 0 N–H and O–H groups in total. The van der Waals surface area contributed by atoms with Gasteiger partial charge in [0.15, 0.2) is 0 Å². The second kappa shape index (κ2) is 10.9. The number of rotatable bonds is 4. The monoisotopic (exact) mass is 561 g/mol. The number of likely N-dealkylation sites (tertiary alicyclic amines) is 1. The van der Waals surface area contributed by atoms with Crippen LogP contribution in [0, 0.1) is 19.7 Å². The Balaban J connectivity index is 1.57. The summed E-state index contributed by atoms with van der Waals surface area (Å²) in [5, 5.41) is 11.2. The summed E-state index contributed by atoms with van der Waals surface area (Å²) in [6.07, 6.45) is 2.51. The van der Waals surface area contributed by atoms with Crippen molar-refractivity contribution < 1.29 is 18.7 Å². The highest BCUT2D eigenvalue weighted by Crippen LogP contribution is 2.33. The number of ether oxygens (including phenoxy) is 1. The number of carbonyl (C=O) groups is 2. The SMILES string of the molecule is Cc1nnc(-c2ccc(C(=O)N(c3nccc4cccc(C)c34)[C@@H]3CCCN(C(=O)OC(C)(C)C)C3)c(F)c2)s1. The fourth-order valence-electron chi connectivity index (χ4n) is 5.03. The van der Waals surface area contributed by atoms with Gasteiger partial charge in [-0.25, -0.2) is 14.2 Å². The van der Waals surface area contributed by atoms with Gasteiger partial charge in [-0.15, -0.1) is 10.2 Å². The second-order valence-corrected chi connectivity index (χ2v) is 12.2. The molecule has 4 aromatic rings. The number of anilines is 1. The molecule has 2 amide bonds. The van der Waals surface area contributed by atoms with Crippen molar-refractivity contribution in [3.05, 3.63) is 70.6 Å². The van der Waals surface area contributed by atoms with E-state index in [1.165, 1.54) is 23.5 Å². The first-order chi connectivity index (χ1) is 19.0. The van der Waals surface area contributed by atoms with Gasteiger partial charge in [-0.1, -0.05) is 35.6 Å². The van der Waals surface area contributed by atoms with Gasteiger partial charge in [0, 0.05) is 30.2 Å². The van der Waals surface area contributed by atoms with Gasteiger partial charge in [0.2, 0.25) is 0 Å². The van der Waals surface area contributed by atoms with E-state index in [0.717, 1.165) is 21.3 Å². The molecule has 0 radical (unpaired) electrons. The van der Waals surface area contributed by atoms with E-state index in [-0.39, 0.29) is 12.1 Å². The van der Waals surface area contributed by atoms with Gasteiger partial charge in [0.05, 0.1) is 11.6 Å². The molecule has 0 unspecified atom stereocenters. The summed E-state index contributed by atoms with van der Waals surface area (Å²) in [5.74, 6) is -0.728. The van der Waals surface area contributed by atoms with Gasteiger partial charge in [-0.2, -0.15) is 0 Å². The molecule has 5 rings (SSSR count). The molecule has 0 aliphatic carbocycles. The number of pyridine rings is 1. The number of aromatic nitrogens is 3. The van der Waals surface area contributed by atoms with Crippen molar-refractivity contribution in [3.8, 4) is 10.6 Å². The molecule has 0 bridgehead atoms. The predicted octanol–water partition coefficient (Wildman–Crippen LogP) is 6.56. The first kappa shape index (κ1) is 27.6. The highest BCUT2D eigenvalue weighted by molar-refractivity contribution is 7.14. The Kier molecular flexibility index (Phi) is 7.55. The number of hydrogen-bond donors (Lipinski definition) is 0. The summed E-state index contributed by atoms with van der Waals surface area (Å²) in [6.45, 7) is 10.0. The van der Waals surface area contributed by atoms with Crippen LogP contribution in [-0.4, -0.2) is 56.8 Å². The van der Waals surface area contributed by atoms with Crippen molar-refractivity contribution in [3.63, 3.8) is 0 Å². The van der Waals surface area contributed by atoms with Crippen molar-refractivity contribution in [2.24, 2.45) is 0 Å². The van der Waals surface area contributed by atoms with Crippen LogP contribution in [0.2, 0.25) is 0 Å². The minimum atomic E-state index is -0.655. The number of fused-ring (bicyclic) bond motifs is 1. The zero-order valence-electron chi connectivity index (χ0n) is 23.3. The molecule has 3 heterocycles. The summed E-state index contributed by atoms with van der Waals surface area (Å²) >= 11 is 1.36. The maximum Gasteiger partial charge on any atom is 0.410 e. The van der Waals surface area contributed by atoms with E-state index >= 15 is 4.39 Å². The van der Waals surface area contributed by atoms with Gasteiger partial charge in [-0.3, -0.25) is 9.69 Å². The van der Waals surface area contributed by atoms with Crippen LogP contribution in [0.3, 0.4) is 0 Å². The predicted molar refractivity (Wildman–Crippen MR) is 154 cm³/mol. The first-order valence-electron chi connectivity index (χ1n) is 13.3. The van der Waals surface area contributed by atoms with Crippen molar-refractivity contribution in [1.29, 1.82) is 0 Å². The van der Waals surface area contributed by atoms with E-state index in [0.29, 0.717) is 35.8 Å². The molecule has 208 valence electrons. The van der Waals surface area contributed by atoms with Crippen molar-refractivity contribution in [2.75, 3.05) is 18.0 Å². The average Bonchev–Trinajstić information content (AvgIpc) is 3.34. The van der Waals surface area contributed by atoms with Crippen molar-refractivity contribution in [1.82, 2.24) is 20.1 Å². The summed E-state index contributed by atoms with van der Waals surface area (Å²) in [7, 11) is 0. The van der Waals surface area contributed by atoms with E-state index in [2.05, 4.69) is 15.2 Å². The van der Waals surface area contributed by atoms with E-state index in [9.17, 15) is 9.59 Å². The smallest absolute Gasteiger partial charge is 0.410 e. The van der Waals surface area contributed by atoms with Crippen LogP contribution in [0.25, 0.3) is 21.3 Å². The number of carbonyl (C=O) groups excluding carboxylic acids is 2. The molecule has 1 fully saturated rings. The number of benzene rings is 2. The lowest BCUT2D eigenvalue weighted by Crippen LogP contribution is -2.53. The molecule has 10 heteroatoms. The van der Waals surface area contributed by atoms with Gasteiger partial charge < -0.3 is 9.64 Å². The molecular weight excluding hydrogens is 529 g/mol. The van der Waals surface area contributed by atoms with Gasteiger partial charge in [-0.05, 0) is 76.6 Å². The van der Waals surface area contributed by atoms with E-state index in [4.69, 9.17) is 4.74 Å². The van der Waals surface area contributed by atoms with Crippen LogP contribution in [-0.2, 0) is 4.74 Å². The Morgan fingerprint density at radius 1 is 1.12 bits per heavy atom. The molecule has 1 atom stereocenters. The summed E-state index contributed by atoms with van der Waals surface area (Å²) < 4.78 is 21.2. The Labute approximate surface area is 236 Å². The highest BCUT2D eigenvalue weighted by atomic mass is 32.1. The third kappa shape index (κ3) is 5.67. The minimum Gasteiger partial charge on any atom is -0.444 e. The number of hydrogen-bond acceptors (Lipinski definition) is 7. The van der Waals surface area contributed by atoms with E-state index < -0.39 is 29.5 Å². The second-order valence-electron chi connectivity index (χ2n) is 11.0. The molecule has 1 saturated heterocycles. The maximum absolute atomic E-state index is 15.6. The van der Waals surface area contributed by atoms with Crippen LogP contribution in [0.5, 0.6) is 0 Å². The highest BCUT2D eigenvalue weighted by Gasteiger charge is 2.36. The van der Waals surface area contributed by atoms with Gasteiger partial charge in [0.25, 0.3) is 5.91 Å². The zero-order chi connectivity index (χ0) is 28.6. The first-order valence-corrected chi connectivity index (χ1v) is 14.1. The topological polar surface area (TPSA) is 88.5 Å². The molecule has 0 saturated carbocycles. The van der Waals surface area contributed by atoms with Crippen LogP contribution < -0.4 is 4.90 Å². The normalized spacial score (nSPS) is 15.8. The fraction of sp³-hybridized carbons (Fsp3) is 0.367. The Morgan fingerprint density at radius 3 is 2.62 bits per heavy atom. The fourth-order valence-corrected chi connectivity index (χ4v) is 5.72. The van der Waals surface area contributed by atoms with Crippen molar-refractivity contribution >= 4 is 39.9 Å². The van der Waals surface area contributed by atoms with Crippen LogP contribution in [0.4, 0.5) is 15.0 Å². The molecule has 8 nitrogen and oxygen atoms in total. The summed E-state index contributed by atoms with van der Waals surface area (Å²) in [5.41, 5.74) is 0.774. The minimum absolute atomic E-state index is 0.0771. The third-order valence-electron chi connectivity index (χ3n) is 6.81. The number of nitrogens with zero attached hydrogens (tertiary/aromatic N) is 5. The number of amides is 2. The standard InChI is InChI=1S/C30H32FN5O3S/c1-18-8-6-9-20-13-14-32-26(25(18)20)36(22-10-7-15-35(17-22)29(38)39-30(3,4)5)28(37)23-12-11-21(16-24(23)31)27-34-33-19(2)40-27/h6,8-9,11-14,16,22H,7,10,15,17H2,1-5H3/t22-/m1/s1. The maximum atomic E-state index is 15.6. The Bertz CT molecular complexity index is 1580. The molecule has 1 aliphatic rings. The lowest BCUT2D eigenvalue weighted by molar-refractivity contribution is 0.0196. The summed E-state index contributed by atoms with van der Waals surface area (Å²) in [4.78, 5) is 35.1. The lowest BCUT2D eigenvalue weighted by atomic mass is 10.00. The molecule has 40 heavy (non-hydrogen) atoms. The molecule has 0 spiro atoms. The molecule has 1 aliphatic heterocycles. The van der Waals surface area contributed by atoms with Crippen molar-refractivity contribution in [2.45, 2.75) is 59.1 Å². The quantitative estimate of drug-likeness (QED) is 0.281. The van der Waals surface area contributed by atoms with Gasteiger partial charge in [0.1, 0.15) is 27.3 Å². The van der Waals surface area contributed by atoms with E-state index in [1.54, 1.807) is 22.1 Å². The molecule has 2 aromatic heterocycles. The molecule has 2 aromatic carbocycles. The van der Waals surface area contributed by atoms with Crippen LogP contribution >= 0.6 is 11.3 Å².